The normalized spacial score (nSPS) is 14.6. The van der Waals surface area contributed by atoms with E-state index in [2.05, 4.69) is 16.0 Å². The Morgan fingerprint density at radius 3 is 2.63 bits per heavy atom. The van der Waals surface area contributed by atoms with Gasteiger partial charge in [0.15, 0.2) is 0 Å². The van der Waals surface area contributed by atoms with Crippen LogP contribution in [0.1, 0.15) is 22.6 Å². The van der Waals surface area contributed by atoms with Crippen LogP contribution in [0.25, 0.3) is 33.5 Å². The van der Waals surface area contributed by atoms with Crippen LogP contribution < -0.4 is 5.73 Å². The van der Waals surface area contributed by atoms with Crippen molar-refractivity contribution in [2.75, 3.05) is 0 Å². The van der Waals surface area contributed by atoms with Crippen molar-refractivity contribution in [3.63, 3.8) is 0 Å². The van der Waals surface area contributed by atoms with Crippen molar-refractivity contribution in [1.82, 2.24) is 9.97 Å². The predicted molar refractivity (Wildman–Crippen MR) is 103 cm³/mol. The zero-order valence-electron chi connectivity index (χ0n) is 14.2. The minimum atomic E-state index is -0.453. The number of nitriles is 1. The van der Waals surface area contributed by atoms with Gasteiger partial charge in [-0.25, -0.2) is 4.98 Å². The Labute approximate surface area is 155 Å². The molecule has 128 valence electrons. The summed E-state index contributed by atoms with van der Waals surface area (Å²) in [6.45, 7) is 0. The highest BCUT2D eigenvalue weighted by Gasteiger charge is 2.34. The van der Waals surface area contributed by atoms with E-state index in [9.17, 15) is 4.79 Å². The molecular weight excluding hydrogens is 336 g/mol. The number of nitrogens with two attached hydrogens (primary N) is 1. The zero-order chi connectivity index (χ0) is 18.5. The summed E-state index contributed by atoms with van der Waals surface area (Å²) in [6.07, 6.45) is 0. The minimum absolute atomic E-state index is 0.360. The van der Waals surface area contributed by atoms with Crippen molar-refractivity contribution in [3.05, 3.63) is 77.4 Å². The monoisotopic (exact) mass is 350 g/mol. The molecule has 1 atom stereocenters. The summed E-state index contributed by atoms with van der Waals surface area (Å²) in [5.41, 5.74) is 12.6. The third kappa shape index (κ3) is 2.17. The molecule has 3 aromatic carbocycles. The van der Waals surface area contributed by atoms with Crippen LogP contribution in [-0.4, -0.2) is 15.9 Å². The Kier molecular flexibility index (Phi) is 3.15. The SMILES string of the molecule is N#Cc1ccc2[nH]c(-c3cccc4c3-c3ccccc3[C@H]4C(N)=O)nc2c1. The summed E-state index contributed by atoms with van der Waals surface area (Å²) in [4.78, 5) is 20.2. The molecule has 1 aliphatic carbocycles. The molecule has 0 aliphatic heterocycles. The van der Waals surface area contributed by atoms with Gasteiger partial charge in [0.2, 0.25) is 5.91 Å². The van der Waals surface area contributed by atoms with Gasteiger partial charge in [0, 0.05) is 5.56 Å². The Hall–Kier alpha value is -3.91. The van der Waals surface area contributed by atoms with E-state index >= 15 is 0 Å². The largest absolute Gasteiger partial charge is 0.369 e. The lowest BCUT2D eigenvalue weighted by molar-refractivity contribution is -0.118. The van der Waals surface area contributed by atoms with Crippen LogP contribution in [0.15, 0.2) is 60.7 Å². The number of carbonyl (C=O) groups excluding carboxylic acids is 1. The highest BCUT2D eigenvalue weighted by atomic mass is 16.1. The Bertz CT molecular complexity index is 1280. The summed E-state index contributed by atoms with van der Waals surface area (Å²) in [6, 6.07) is 21.2. The number of imidazole rings is 1. The number of primary amides is 1. The standard InChI is InChI=1S/C22H14N4O/c23-11-12-8-9-17-18(10-12)26-22(25-17)16-7-3-6-15-19(16)13-4-1-2-5-14(13)20(15)21(24)27/h1-10,20H,(H2,24,27)(H,25,26)/t20-/m1/s1. The van der Waals surface area contributed by atoms with Gasteiger partial charge in [0.05, 0.1) is 28.6 Å². The predicted octanol–water partition coefficient (Wildman–Crippen LogP) is 3.70. The first-order valence-corrected chi connectivity index (χ1v) is 8.59. The molecular formula is C22H14N4O. The van der Waals surface area contributed by atoms with Crippen molar-refractivity contribution in [2.45, 2.75) is 5.92 Å². The number of amides is 1. The number of nitrogens with zero attached hydrogens (tertiary/aromatic N) is 2. The quantitative estimate of drug-likeness (QED) is 0.577. The van der Waals surface area contributed by atoms with E-state index in [-0.39, 0.29) is 5.91 Å². The van der Waals surface area contributed by atoms with Gasteiger partial charge in [0.25, 0.3) is 0 Å². The third-order valence-electron chi connectivity index (χ3n) is 5.10. The van der Waals surface area contributed by atoms with Gasteiger partial charge in [-0.15, -0.1) is 0 Å². The number of rotatable bonds is 2. The maximum Gasteiger partial charge on any atom is 0.229 e. The van der Waals surface area contributed by atoms with Crippen molar-refractivity contribution in [1.29, 1.82) is 5.26 Å². The Balaban J connectivity index is 1.78. The number of benzene rings is 3. The molecule has 0 radical (unpaired) electrons. The fourth-order valence-electron chi connectivity index (χ4n) is 3.96. The van der Waals surface area contributed by atoms with E-state index in [0.717, 1.165) is 38.9 Å². The fraction of sp³-hybridized carbons (Fsp3) is 0.0455. The van der Waals surface area contributed by atoms with Gasteiger partial charge in [-0.3, -0.25) is 4.79 Å². The first kappa shape index (κ1) is 15.4. The lowest BCUT2D eigenvalue weighted by Crippen LogP contribution is -2.20. The second-order valence-corrected chi connectivity index (χ2v) is 6.62. The molecule has 3 N–H and O–H groups in total. The van der Waals surface area contributed by atoms with Gasteiger partial charge in [-0.05, 0) is 40.5 Å². The number of H-pyrrole nitrogens is 1. The summed E-state index contributed by atoms with van der Waals surface area (Å²) < 4.78 is 0. The number of hydrogen-bond acceptors (Lipinski definition) is 3. The Morgan fingerprint density at radius 1 is 1.04 bits per heavy atom. The van der Waals surface area contributed by atoms with E-state index < -0.39 is 5.92 Å². The van der Waals surface area contributed by atoms with Gasteiger partial charge in [-0.1, -0.05) is 42.5 Å². The molecule has 5 heteroatoms. The maximum absolute atomic E-state index is 12.2. The van der Waals surface area contributed by atoms with Crippen LogP contribution in [0.2, 0.25) is 0 Å². The van der Waals surface area contributed by atoms with Crippen LogP contribution in [-0.2, 0) is 4.79 Å². The number of aromatic amines is 1. The Morgan fingerprint density at radius 2 is 1.81 bits per heavy atom. The van der Waals surface area contributed by atoms with Crippen molar-refractivity contribution in [2.24, 2.45) is 5.73 Å². The smallest absolute Gasteiger partial charge is 0.229 e. The van der Waals surface area contributed by atoms with Crippen LogP contribution in [0.3, 0.4) is 0 Å². The van der Waals surface area contributed by atoms with E-state index in [1.165, 1.54) is 0 Å². The topological polar surface area (TPSA) is 95.6 Å². The first-order chi connectivity index (χ1) is 13.2. The van der Waals surface area contributed by atoms with Crippen LogP contribution in [0.4, 0.5) is 0 Å². The molecule has 5 rings (SSSR count). The number of aromatic nitrogens is 2. The van der Waals surface area contributed by atoms with Crippen LogP contribution in [0.5, 0.6) is 0 Å². The third-order valence-corrected chi connectivity index (χ3v) is 5.10. The summed E-state index contributed by atoms with van der Waals surface area (Å²) in [5.74, 6) is -0.107. The van der Waals surface area contributed by atoms with E-state index in [4.69, 9.17) is 11.0 Å². The highest BCUT2D eigenvalue weighted by Crippen LogP contribution is 2.48. The number of hydrogen-bond donors (Lipinski definition) is 2. The molecule has 0 fully saturated rings. The summed E-state index contributed by atoms with van der Waals surface area (Å²) >= 11 is 0. The molecule has 0 saturated carbocycles. The van der Waals surface area contributed by atoms with E-state index in [1.807, 2.05) is 48.5 Å². The van der Waals surface area contributed by atoms with Gasteiger partial charge in [-0.2, -0.15) is 5.26 Å². The molecule has 0 bridgehead atoms. The van der Waals surface area contributed by atoms with Crippen LogP contribution >= 0.6 is 0 Å². The van der Waals surface area contributed by atoms with Gasteiger partial charge < -0.3 is 10.7 Å². The molecule has 1 aliphatic rings. The highest BCUT2D eigenvalue weighted by molar-refractivity contribution is 6.00. The average molecular weight is 350 g/mol. The molecule has 0 spiro atoms. The average Bonchev–Trinajstić information content (AvgIpc) is 3.26. The molecule has 1 amide bonds. The zero-order valence-corrected chi connectivity index (χ0v) is 14.2. The number of carbonyl (C=O) groups is 1. The molecule has 1 aromatic heterocycles. The molecule has 5 nitrogen and oxygen atoms in total. The molecule has 4 aromatic rings. The second-order valence-electron chi connectivity index (χ2n) is 6.62. The fourth-order valence-corrected chi connectivity index (χ4v) is 3.96. The summed E-state index contributed by atoms with van der Waals surface area (Å²) in [5, 5.41) is 9.11. The van der Waals surface area contributed by atoms with Crippen LogP contribution in [0, 0.1) is 11.3 Å². The second kappa shape index (κ2) is 5.55. The molecule has 0 saturated heterocycles. The maximum atomic E-state index is 12.2. The lowest BCUT2D eigenvalue weighted by Gasteiger charge is -2.09. The molecule has 1 heterocycles. The van der Waals surface area contributed by atoms with E-state index in [1.54, 1.807) is 12.1 Å². The first-order valence-electron chi connectivity index (χ1n) is 8.59. The molecule has 27 heavy (non-hydrogen) atoms. The van der Waals surface area contributed by atoms with Gasteiger partial charge in [0.1, 0.15) is 5.82 Å². The number of nitrogens with one attached hydrogen (secondary N) is 1. The minimum Gasteiger partial charge on any atom is -0.369 e. The summed E-state index contributed by atoms with van der Waals surface area (Å²) in [7, 11) is 0. The number of fused-ring (bicyclic) bond motifs is 4. The molecule has 0 unspecified atom stereocenters. The lowest BCUT2D eigenvalue weighted by atomic mass is 9.95. The van der Waals surface area contributed by atoms with Crippen molar-refractivity contribution in [3.8, 4) is 28.6 Å². The van der Waals surface area contributed by atoms with Crippen molar-refractivity contribution >= 4 is 16.9 Å². The van der Waals surface area contributed by atoms with Crippen molar-refractivity contribution < 1.29 is 4.79 Å². The van der Waals surface area contributed by atoms with E-state index in [0.29, 0.717) is 11.4 Å². The van der Waals surface area contributed by atoms with Gasteiger partial charge >= 0.3 is 0 Å².